The van der Waals surface area contributed by atoms with Gasteiger partial charge in [-0.15, -0.1) is 0 Å². The van der Waals surface area contributed by atoms with Gasteiger partial charge >= 0.3 is 6.18 Å². The summed E-state index contributed by atoms with van der Waals surface area (Å²) < 4.78 is 62.1. The summed E-state index contributed by atoms with van der Waals surface area (Å²) in [4.78, 5) is 20.9. The number of halogens is 5. The van der Waals surface area contributed by atoms with Crippen LogP contribution in [0.5, 0.6) is 0 Å². The smallest absolute Gasteiger partial charge is 0.298 e. The maximum atomic E-state index is 12.4. The van der Waals surface area contributed by atoms with Gasteiger partial charge in [-0.3, -0.25) is 9.59 Å². The summed E-state index contributed by atoms with van der Waals surface area (Å²) in [5.41, 5.74) is -3.99. The van der Waals surface area contributed by atoms with E-state index in [-0.39, 0.29) is 18.6 Å². The Hall–Kier alpha value is -1.79. The fraction of sp³-hybridized carbons (Fsp3) is 0.200. The monoisotopic (exact) mass is 252 g/mol. The number of hydrogen-bond acceptors (Lipinski definition) is 2. The number of rotatable bonds is 3. The second-order valence-corrected chi connectivity index (χ2v) is 3.10. The first-order chi connectivity index (χ1) is 7.81. The van der Waals surface area contributed by atoms with Crippen LogP contribution in [0, 0.1) is 0 Å². The van der Waals surface area contributed by atoms with Gasteiger partial charge in [0.1, 0.15) is 0 Å². The zero-order valence-electron chi connectivity index (χ0n) is 8.09. The van der Waals surface area contributed by atoms with Crippen molar-refractivity contribution in [1.82, 2.24) is 0 Å². The van der Waals surface area contributed by atoms with E-state index < -0.39 is 34.9 Å². The Morgan fingerprint density at radius 2 is 1.47 bits per heavy atom. The zero-order valence-corrected chi connectivity index (χ0v) is 8.09. The lowest BCUT2D eigenvalue weighted by molar-refractivity contribution is -0.139. The molecule has 1 aromatic carbocycles. The molecule has 92 valence electrons. The first-order valence-corrected chi connectivity index (χ1v) is 4.25. The predicted octanol–water partition coefficient (Wildman–Crippen LogP) is 3.27. The van der Waals surface area contributed by atoms with E-state index in [9.17, 15) is 31.5 Å². The molecule has 0 radical (unpaired) electrons. The molecule has 0 atom stereocenters. The van der Waals surface area contributed by atoms with Crippen molar-refractivity contribution in [3.8, 4) is 0 Å². The fourth-order valence-electron chi connectivity index (χ4n) is 1.28. The Bertz CT molecular complexity index is 451. The van der Waals surface area contributed by atoms with Gasteiger partial charge in [-0.05, 0) is 12.1 Å². The summed E-state index contributed by atoms with van der Waals surface area (Å²) >= 11 is 0. The summed E-state index contributed by atoms with van der Waals surface area (Å²) in [7, 11) is 0. The molecular weight excluding hydrogens is 247 g/mol. The van der Waals surface area contributed by atoms with Gasteiger partial charge in [-0.25, -0.2) is 8.78 Å². The van der Waals surface area contributed by atoms with Crippen LogP contribution in [0.4, 0.5) is 22.0 Å². The maximum absolute atomic E-state index is 12.4. The van der Waals surface area contributed by atoms with Crippen molar-refractivity contribution < 1.29 is 31.5 Å². The average Bonchev–Trinajstić information content (AvgIpc) is 2.25. The van der Waals surface area contributed by atoms with E-state index in [1.807, 2.05) is 0 Å². The molecule has 0 spiro atoms. The van der Waals surface area contributed by atoms with E-state index in [4.69, 9.17) is 0 Å². The van der Waals surface area contributed by atoms with E-state index >= 15 is 0 Å². The Kier molecular flexibility index (Phi) is 3.59. The van der Waals surface area contributed by atoms with Crippen LogP contribution in [-0.2, 0) is 6.18 Å². The Morgan fingerprint density at radius 3 is 1.82 bits per heavy atom. The molecule has 0 aliphatic carbocycles. The van der Waals surface area contributed by atoms with Crippen molar-refractivity contribution in [2.75, 3.05) is 0 Å². The van der Waals surface area contributed by atoms with Crippen molar-refractivity contribution in [2.24, 2.45) is 0 Å². The highest BCUT2D eigenvalue weighted by Crippen LogP contribution is 2.37. The van der Waals surface area contributed by atoms with Gasteiger partial charge in [0.05, 0.1) is 5.56 Å². The number of alkyl halides is 5. The summed E-state index contributed by atoms with van der Waals surface area (Å²) in [6.45, 7) is 0. The van der Waals surface area contributed by atoms with Gasteiger partial charge in [0.25, 0.3) is 6.43 Å². The second kappa shape index (κ2) is 4.60. The van der Waals surface area contributed by atoms with Gasteiger partial charge in [-0.2, -0.15) is 13.2 Å². The highest BCUT2D eigenvalue weighted by molar-refractivity contribution is 5.90. The largest absolute Gasteiger partial charge is 0.416 e. The number of hydrogen-bond donors (Lipinski definition) is 0. The van der Waals surface area contributed by atoms with Crippen LogP contribution >= 0.6 is 0 Å². The van der Waals surface area contributed by atoms with Gasteiger partial charge in [-0.1, -0.05) is 0 Å². The zero-order chi connectivity index (χ0) is 13.2. The normalized spacial score (nSPS) is 11.6. The van der Waals surface area contributed by atoms with Crippen molar-refractivity contribution in [1.29, 1.82) is 0 Å². The number of benzene rings is 1. The van der Waals surface area contributed by atoms with Crippen LogP contribution < -0.4 is 0 Å². The molecule has 17 heavy (non-hydrogen) atoms. The van der Waals surface area contributed by atoms with E-state index in [1.165, 1.54) is 0 Å². The van der Waals surface area contributed by atoms with Crippen molar-refractivity contribution in [3.05, 3.63) is 34.4 Å². The standard InChI is InChI=1S/C10H5F5O2/c11-9(12)7-1-5(3-16)6(4-17)2-8(7)10(13,14)15/h1-4,9H. The Labute approximate surface area is 92.0 Å². The minimum absolute atomic E-state index is 0.00816. The Morgan fingerprint density at radius 1 is 1.00 bits per heavy atom. The number of aldehydes is 2. The second-order valence-electron chi connectivity index (χ2n) is 3.10. The van der Waals surface area contributed by atoms with Crippen molar-refractivity contribution >= 4 is 12.6 Å². The van der Waals surface area contributed by atoms with Crippen LogP contribution in [0.25, 0.3) is 0 Å². The van der Waals surface area contributed by atoms with Crippen LogP contribution in [-0.4, -0.2) is 12.6 Å². The third-order valence-electron chi connectivity index (χ3n) is 2.05. The van der Waals surface area contributed by atoms with Crippen LogP contribution in [0.2, 0.25) is 0 Å². The minimum atomic E-state index is -5.01. The van der Waals surface area contributed by atoms with Gasteiger partial charge in [0, 0.05) is 16.7 Å². The number of carbonyl (C=O) groups is 2. The van der Waals surface area contributed by atoms with E-state index in [0.717, 1.165) is 0 Å². The molecule has 0 aliphatic rings. The molecule has 0 N–H and O–H groups in total. The van der Waals surface area contributed by atoms with Gasteiger partial charge in [0.15, 0.2) is 12.6 Å². The molecule has 2 nitrogen and oxygen atoms in total. The molecule has 1 rings (SSSR count). The molecule has 0 aliphatic heterocycles. The molecule has 0 fully saturated rings. The fourth-order valence-corrected chi connectivity index (χ4v) is 1.28. The topological polar surface area (TPSA) is 34.1 Å². The van der Waals surface area contributed by atoms with E-state index in [0.29, 0.717) is 6.07 Å². The third kappa shape index (κ3) is 2.66. The van der Waals surface area contributed by atoms with E-state index in [1.54, 1.807) is 0 Å². The first kappa shape index (κ1) is 13.3. The lowest BCUT2D eigenvalue weighted by atomic mass is 9.99. The highest BCUT2D eigenvalue weighted by atomic mass is 19.4. The van der Waals surface area contributed by atoms with Crippen molar-refractivity contribution in [3.63, 3.8) is 0 Å². The molecular formula is C10H5F5O2. The maximum Gasteiger partial charge on any atom is 0.416 e. The lowest BCUT2D eigenvalue weighted by Gasteiger charge is -2.13. The molecule has 0 unspecified atom stereocenters. The molecule has 0 amide bonds. The molecule has 0 saturated heterocycles. The summed E-state index contributed by atoms with van der Waals surface area (Å²) in [6, 6.07) is 0.627. The first-order valence-electron chi connectivity index (χ1n) is 4.25. The quantitative estimate of drug-likeness (QED) is 0.611. The summed E-state index contributed by atoms with van der Waals surface area (Å²) in [6.07, 6.45) is -8.33. The van der Waals surface area contributed by atoms with Crippen LogP contribution in [0.1, 0.15) is 38.3 Å². The molecule has 0 heterocycles. The van der Waals surface area contributed by atoms with Gasteiger partial charge in [0.2, 0.25) is 0 Å². The van der Waals surface area contributed by atoms with Crippen molar-refractivity contribution in [2.45, 2.75) is 12.6 Å². The minimum Gasteiger partial charge on any atom is -0.298 e. The lowest BCUT2D eigenvalue weighted by Crippen LogP contribution is -2.11. The van der Waals surface area contributed by atoms with Gasteiger partial charge < -0.3 is 0 Å². The molecule has 0 bridgehead atoms. The molecule has 0 saturated carbocycles. The third-order valence-corrected chi connectivity index (χ3v) is 2.05. The van der Waals surface area contributed by atoms with Crippen LogP contribution in [0.15, 0.2) is 12.1 Å². The number of carbonyl (C=O) groups excluding carboxylic acids is 2. The summed E-state index contributed by atoms with van der Waals surface area (Å²) in [5.74, 6) is 0. The Balaban J connectivity index is 3.57. The highest BCUT2D eigenvalue weighted by Gasteiger charge is 2.36. The predicted molar refractivity (Wildman–Crippen MR) is 47.2 cm³/mol. The molecule has 1 aromatic rings. The van der Waals surface area contributed by atoms with Crippen LogP contribution in [0.3, 0.4) is 0 Å². The molecule has 0 aromatic heterocycles. The molecule has 7 heteroatoms. The average molecular weight is 252 g/mol. The SMILES string of the molecule is O=Cc1cc(C(F)F)c(C(F)(F)F)cc1C=O. The summed E-state index contributed by atoms with van der Waals surface area (Å²) in [5, 5.41) is 0. The van der Waals surface area contributed by atoms with E-state index in [2.05, 4.69) is 0 Å².